The summed E-state index contributed by atoms with van der Waals surface area (Å²) in [5.41, 5.74) is 2.22. The van der Waals surface area contributed by atoms with Gasteiger partial charge >= 0.3 is 5.97 Å². The second-order valence-electron chi connectivity index (χ2n) is 5.93. The molecule has 0 bridgehead atoms. The SMILES string of the molecule is CCCC1CCC(c2ccc(CC(=O)O)c(Br)c2)CC1. The molecule has 0 unspecified atom stereocenters. The van der Waals surface area contributed by atoms with Crippen LogP contribution in [-0.4, -0.2) is 11.1 Å². The molecule has 0 aliphatic heterocycles. The first-order valence-corrected chi connectivity index (χ1v) is 8.39. The monoisotopic (exact) mass is 338 g/mol. The van der Waals surface area contributed by atoms with Crippen molar-refractivity contribution in [2.45, 2.75) is 57.8 Å². The molecule has 1 aliphatic rings. The summed E-state index contributed by atoms with van der Waals surface area (Å²) in [6, 6.07) is 6.21. The Bertz CT molecular complexity index is 462. The zero-order valence-electron chi connectivity index (χ0n) is 12.1. The maximum Gasteiger partial charge on any atom is 0.307 e. The van der Waals surface area contributed by atoms with E-state index in [0.717, 1.165) is 16.0 Å². The molecule has 2 rings (SSSR count). The molecule has 1 aromatic carbocycles. The lowest BCUT2D eigenvalue weighted by atomic mass is 9.77. The predicted octanol–water partition coefficient (Wildman–Crippen LogP) is 5.15. The Morgan fingerprint density at radius 1 is 1.30 bits per heavy atom. The van der Waals surface area contributed by atoms with E-state index in [1.807, 2.05) is 6.07 Å². The van der Waals surface area contributed by atoms with Gasteiger partial charge in [0.2, 0.25) is 0 Å². The average Bonchev–Trinajstić information content (AvgIpc) is 2.42. The maximum atomic E-state index is 10.8. The van der Waals surface area contributed by atoms with Gasteiger partial charge in [0.25, 0.3) is 0 Å². The van der Waals surface area contributed by atoms with Crippen LogP contribution >= 0.6 is 15.9 Å². The van der Waals surface area contributed by atoms with Crippen LogP contribution in [0.3, 0.4) is 0 Å². The van der Waals surface area contributed by atoms with E-state index in [1.54, 1.807) is 0 Å². The number of carboxylic acid groups (broad SMARTS) is 1. The third-order valence-electron chi connectivity index (χ3n) is 4.43. The molecule has 0 aromatic heterocycles. The molecule has 1 N–H and O–H groups in total. The van der Waals surface area contributed by atoms with E-state index in [9.17, 15) is 4.79 Å². The zero-order valence-corrected chi connectivity index (χ0v) is 13.7. The lowest BCUT2D eigenvalue weighted by Crippen LogP contribution is -2.13. The highest BCUT2D eigenvalue weighted by Gasteiger charge is 2.22. The molecule has 0 atom stereocenters. The van der Waals surface area contributed by atoms with Crippen molar-refractivity contribution < 1.29 is 9.90 Å². The first kappa shape index (κ1) is 15.6. The molecule has 0 saturated heterocycles. The minimum absolute atomic E-state index is 0.0874. The standard InChI is InChI=1S/C17H23BrO2/c1-2-3-12-4-6-13(7-5-12)14-8-9-15(11-17(19)20)16(18)10-14/h8-10,12-13H,2-7,11H2,1H3,(H,19,20). The van der Waals surface area contributed by atoms with Gasteiger partial charge in [-0.1, -0.05) is 47.8 Å². The second kappa shape index (κ2) is 7.26. The smallest absolute Gasteiger partial charge is 0.307 e. The predicted molar refractivity (Wildman–Crippen MR) is 85.1 cm³/mol. The van der Waals surface area contributed by atoms with Crippen LogP contribution in [-0.2, 0) is 11.2 Å². The van der Waals surface area contributed by atoms with E-state index in [4.69, 9.17) is 5.11 Å². The van der Waals surface area contributed by atoms with Crippen LogP contribution < -0.4 is 0 Å². The maximum absolute atomic E-state index is 10.8. The highest BCUT2D eigenvalue weighted by Crippen LogP contribution is 2.38. The quantitative estimate of drug-likeness (QED) is 0.805. The number of hydrogen-bond acceptors (Lipinski definition) is 1. The number of carboxylic acids is 1. The van der Waals surface area contributed by atoms with Crippen molar-refractivity contribution >= 4 is 21.9 Å². The zero-order chi connectivity index (χ0) is 14.5. The fourth-order valence-corrected chi connectivity index (χ4v) is 3.85. The number of aliphatic carboxylic acids is 1. The largest absolute Gasteiger partial charge is 0.481 e. The molecule has 2 nitrogen and oxygen atoms in total. The number of benzene rings is 1. The molecular weight excluding hydrogens is 316 g/mol. The summed E-state index contributed by atoms with van der Waals surface area (Å²) < 4.78 is 0.938. The molecule has 1 fully saturated rings. The van der Waals surface area contributed by atoms with Crippen molar-refractivity contribution in [1.82, 2.24) is 0 Å². The number of halogens is 1. The first-order valence-electron chi connectivity index (χ1n) is 7.60. The normalized spacial score (nSPS) is 22.7. The summed E-state index contributed by atoms with van der Waals surface area (Å²) in [6.45, 7) is 2.27. The van der Waals surface area contributed by atoms with Gasteiger partial charge in [0.1, 0.15) is 0 Å². The van der Waals surface area contributed by atoms with E-state index in [1.165, 1.54) is 44.1 Å². The van der Waals surface area contributed by atoms with E-state index < -0.39 is 5.97 Å². The summed E-state index contributed by atoms with van der Waals surface area (Å²) in [5.74, 6) is 0.794. The molecule has 0 radical (unpaired) electrons. The summed E-state index contributed by atoms with van der Waals surface area (Å²) >= 11 is 3.52. The third kappa shape index (κ3) is 4.08. The summed E-state index contributed by atoms with van der Waals surface area (Å²) in [5, 5.41) is 8.87. The van der Waals surface area contributed by atoms with Crippen molar-refractivity contribution in [3.05, 3.63) is 33.8 Å². The van der Waals surface area contributed by atoms with Crippen LogP contribution in [0.15, 0.2) is 22.7 Å². The van der Waals surface area contributed by atoms with Gasteiger partial charge in [-0.3, -0.25) is 4.79 Å². The van der Waals surface area contributed by atoms with Crippen LogP contribution in [0.2, 0.25) is 0 Å². The van der Waals surface area contributed by atoms with Gasteiger partial charge in [-0.15, -0.1) is 0 Å². The van der Waals surface area contributed by atoms with Gasteiger partial charge in [0.05, 0.1) is 6.42 Å². The van der Waals surface area contributed by atoms with Crippen LogP contribution in [0.4, 0.5) is 0 Å². The minimum atomic E-state index is -0.779. The summed E-state index contributed by atoms with van der Waals surface area (Å²) in [6.07, 6.45) is 7.98. The molecule has 0 heterocycles. The van der Waals surface area contributed by atoms with Crippen LogP contribution in [0.25, 0.3) is 0 Å². The van der Waals surface area contributed by atoms with Gasteiger partial charge in [-0.05, 0) is 54.7 Å². The number of carbonyl (C=O) groups is 1. The van der Waals surface area contributed by atoms with Gasteiger partial charge in [0, 0.05) is 4.47 Å². The Labute approximate surface area is 129 Å². The van der Waals surface area contributed by atoms with Crippen LogP contribution in [0, 0.1) is 5.92 Å². The van der Waals surface area contributed by atoms with E-state index in [0.29, 0.717) is 5.92 Å². The minimum Gasteiger partial charge on any atom is -0.481 e. The molecule has 20 heavy (non-hydrogen) atoms. The number of hydrogen-bond donors (Lipinski definition) is 1. The topological polar surface area (TPSA) is 37.3 Å². The lowest BCUT2D eigenvalue weighted by Gasteiger charge is -2.29. The van der Waals surface area contributed by atoms with Crippen LogP contribution in [0.1, 0.15) is 62.5 Å². The highest BCUT2D eigenvalue weighted by atomic mass is 79.9. The van der Waals surface area contributed by atoms with E-state index in [2.05, 4.69) is 35.0 Å². The Balaban J connectivity index is 2.00. The molecule has 110 valence electrons. The van der Waals surface area contributed by atoms with E-state index >= 15 is 0 Å². The molecule has 1 saturated carbocycles. The fraction of sp³-hybridized carbons (Fsp3) is 0.588. The molecule has 0 amide bonds. The van der Waals surface area contributed by atoms with Crippen molar-refractivity contribution in [3.63, 3.8) is 0 Å². The Morgan fingerprint density at radius 3 is 2.55 bits per heavy atom. The van der Waals surface area contributed by atoms with Gasteiger partial charge in [0.15, 0.2) is 0 Å². The highest BCUT2D eigenvalue weighted by molar-refractivity contribution is 9.10. The second-order valence-corrected chi connectivity index (χ2v) is 6.78. The Hall–Kier alpha value is -0.830. The van der Waals surface area contributed by atoms with Gasteiger partial charge in [-0.2, -0.15) is 0 Å². The Morgan fingerprint density at radius 2 is 2.00 bits per heavy atom. The number of rotatable bonds is 5. The summed E-state index contributed by atoms with van der Waals surface area (Å²) in [7, 11) is 0. The van der Waals surface area contributed by atoms with Crippen molar-refractivity contribution in [2.75, 3.05) is 0 Å². The fourth-order valence-electron chi connectivity index (χ4n) is 3.32. The van der Waals surface area contributed by atoms with E-state index in [-0.39, 0.29) is 6.42 Å². The van der Waals surface area contributed by atoms with Crippen molar-refractivity contribution in [1.29, 1.82) is 0 Å². The Kier molecular flexibility index (Phi) is 5.64. The van der Waals surface area contributed by atoms with Gasteiger partial charge in [-0.25, -0.2) is 0 Å². The molecule has 1 aliphatic carbocycles. The first-order chi connectivity index (χ1) is 9.60. The third-order valence-corrected chi connectivity index (χ3v) is 5.17. The lowest BCUT2D eigenvalue weighted by molar-refractivity contribution is -0.136. The van der Waals surface area contributed by atoms with Gasteiger partial charge < -0.3 is 5.11 Å². The summed E-state index contributed by atoms with van der Waals surface area (Å²) in [4.78, 5) is 10.8. The molecule has 1 aromatic rings. The molecule has 3 heteroatoms. The van der Waals surface area contributed by atoms with Crippen molar-refractivity contribution in [3.8, 4) is 0 Å². The average molecular weight is 339 g/mol. The van der Waals surface area contributed by atoms with Crippen LogP contribution in [0.5, 0.6) is 0 Å². The molecule has 0 spiro atoms. The molecular formula is C17H23BrO2. The van der Waals surface area contributed by atoms with Crippen molar-refractivity contribution in [2.24, 2.45) is 5.92 Å².